The van der Waals surface area contributed by atoms with Gasteiger partial charge >= 0.3 is 0 Å². The first-order valence-corrected chi connectivity index (χ1v) is 45.5. The van der Waals surface area contributed by atoms with Gasteiger partial charge in [0.2, 0.25) is 0 Å². The highest BCUT2D eigenvalue weighted by Crippen LogP contribution is 2.20. The minimum atomic E-state index is -0.391. The molecule has 1 aliphatic rings. The molecule has 14 nitrogen and oxygen atoms in total. The van der Waals surface area contributed by atoms with E-state index in [-0.39, 0.29) is 18.3 Å². The smallest absolute Gasteiger partial charge is 0.0701 e. The number of unbranched alkanes of at least 4 members (excludes halogenated alkanes) is 45. The first kappa shape index (κ1) is 99.4. The summed E-state index contributed by atoms with van der Waals surface area (Å²) in [5, 5.41) is 56.1. The number of hydrogen-bond acceptors (Lipinski definition) is 14. The SMILES string of the molecule is CCCCCCCCCCCCC(O)CN(CCOCCOCCN(CC(O)CCCCCCCCCCCC)CC(O)CCCCCCCCCCCC)CCN1CCN(CCOCCOCCN(CC(O)CCCCCCCCCCCC)CC(O)CCCCCCCCCCCC)CC1. The molecular formula is C88H181N5O9. The molecule has 1 aliphatic heterocycles. The van der Waals surface area contributed by atoms with Crippen LogP contribution in [0, 0.1) is 0 Å². The molecule has 1 heterocycles. The van der Waals surface area contributed by atoms with Crippen molar-refractivity contribution in [2.45, 2.75) is 418 Å². The van der Waals surface area contributed by atoms with Gasteiger partial charge in [-0.05, 0) is 32.1 Å². The Balaban J connectivity index is 2.64. The van der Waals surface area contributed by atoms with Crippen molar-refractivity contribution in [1.29, 1.82) is 0 Å². The Bertz CT molecular complexity index is 1520. The Hall–Kier alpha value is -0.560. The van der Waals surface area contributed by atoms with Gasteiger partial charge in [0.1, 0.15) is 0 Å². The molecule has 102 heavy (non-hydrogen) atoms. The van der Waals surface area contributed by atoms with Gasteiger partial charge in [0.25, 0.3) is 0 Å². The molecule has 1 saturated heterocycles. The largest absolute Gasteiger partial charge is 0.392 e. The molecule has 0 amide bonds. The number of hydrogen-bond donors (Lipinski definition) is 5. The van der Waals surface area contributed by atoms with Crippen molar-refractivity contribution in [2.75, 3.05) is 151 Å². The fourth-order valence-electron chi connectivity index (χ4n) is 15.0. The van der Waals surface area contributed by atoms with E-state index in [1.54, 1.807) is 0 Å². The molecule has 14 heteroatoms. The Morgan fingerprint density at radius 2 is 0.402 bits per heavy atom. The average molecular weight is 1450 g/mol. The van der Waals surface area contributed by atoms with Crippen LogP contribution in [0.1, 0.15) is 388 Å². The topological polar surface area (TPSA) is 154 Å². The summed E-state index contributed by atoms with van der Waals surface area (Å²) in [6.45, 7) is 28.0. The zero-order chi connectivity index (χ0) is 73.8. The zero-order valence-electron chi connectivity index (χ0n) is 69.1. The maximum Gasteiger partial charge on any atom is 0.0701 e. The maximum atomic E-state index is 11.4. The normalized spacial score (nSPS) is 14.9. The van der Waals surface area contributed by atoms with Gasteiger partial charge in [0.05, 0.1) is 83.4 Å². The summed E-state index contributed by atoms with van der Waals surface area (Å²) in [6, 6.07) is 0. The number of nitrogens with zero attached hydrogens (tertiary/aromatic N) is 5. The highest BCUT2D eigenvalue weighted by molar-refractivity contribution is 4.76. The standard InChI is InChI=1S/C88H181N5O9/c1-6-11-16-21-26-31-36-41-46-51-56-84(94)79-91(68-72-100-76-78-102-74-70-93(82-87(97)59-54-49-44-39-34-29-24-19-14-9-4)83-88(98)60-55-50-45-40-35-30-25-20-15-10-5)66-65-89-61-63-90(64-62-89)67-71-99-75-77-101-73-69-92(80-85(95)57-52-47-42-37-32-27-22-17-12-7-2)81-86(96)58-53-48-43-38-33-28-23-18-13-8-3/h84-88,94-98H,6-83H2,1-5H3. The van der Waals surface area contributed by atoms with Crippen LogP contribution in [0.4, 0.5) is 0 Å². The van der Waals surface area contributed by atoms with E-state index in [1.165, 1.54) is 289 Å². The fraction of sp³-hybridized carbons (Fsp3) is 1.00. The van der Waals surface area contributed by atoms with E-state index in [2.05, 4.69) is 59.1 Å². The third-order valence-corrected chi connectivity index (χ3v) is 21.9. The number of ether oxygens (including phenoxy) is 4. The van der Waals surface area contributed by atoms with Crippen LogP contribution in [0.15, 0.2) is 0 Å². The average Bonchev–Trinajstić information content (AvgIpc) is 0.955. The quantitative estimate of drug-likeness (QED) is 0.0367. The second-order valence-electron chi connectivity index (χ2n) is 32.1. The Morgan fingerprint density at radius 1 is 0.216 bits per heavy atom. The molecule has 1 rings (SSSR count). The summed E-state index contributed by atoms with van der Waals surface area (Å²) in [4.78, 5) is 12.0. The van der Waals surface area contributed by atoms with Crippen LogP contribution in [-0.4, -0.2) is 232 Å². The lowest BCUT2D eigenvalue weighted by Gasteiger charge is -2.36. The van der Waals surface area contributed by atoms with Gasteiger partial charge in [-0.25, -0.2) is 0 Å². The van der Waals surface area contributed by atoms with Gasteiger partial charge in [0, 0.05) is 98.2 Å². The summed E-state index contributed by atoms with van der Waals surface area (Å²) in [5.74, 6) is 0. The Labute approximate surface area is 635 Å². The number of aliphatic hydroxyl groups is 5. The highest BCUT2D eigenvalue weighted by Gasteiger charge is 2.21. The molecule has 0 bridgehead atoms. The van der Waals surface area contributed by atoms with Crippen LogP contribution in [-0.2, 0) is 18.9 Å². The minimum absolute atomic E-state index is 0.338. The molecule has 0 aliphatic carbocycles. The molecule has 0 aromatic heterocycles. The summed E-state index contributed by atoms with van der Waals surface area (Å²) in [6.07, 6.45) is 67.0. The molecule has 0 spiro atoms. The van der Waals surface area contributed by atoms with Crippen molar-refractivity contribution in [1.82, 2.24) is 24.5 Å². The van der Waals surface area contributed by atoms with Crippen molar-refractivity contribution in [3.8, 4) is 0 Å². The van der Waals surface area contributed by atoms with E-state index in [0.717, 1.165) is 117 Å². The monoisotopic (exact) mass is 1450 g/mol. The number of aliphatic hydroxyl groups excluding tert-OH is 5. The molecule has 1 fully saturated rings. The van der Waals surface area contributed by atoms with Gasteiger partial charge in [0.15, 0.2) is 0 Å². The Morgan fingerprint density at radius 3 is 0.637 bits per heavy atom. The van der Waals surface area contributed by atoms with Crippen LogP contribution in [0.2, 0.25) is 0 Å². The van der Waals surface area contributed by atoms with Crippen molar-refractivity contribution < 1.29 is 44.5 Å². The number of piperazine rings is 1. The van der Waals surface area contributed by atoms with E-state index in [0.29, 0.717) is 98.7 Å². The van der Waals surface area contributed by atoms with E-state index >= 15 is 0 Å². The van der Waals surface area contributed by atoms with Crippen LogP contribution >= 0.6 is 0 Å². The lowest BCUT2D eigenvalue weighted by Crippen LogP contribution is -2.49. The molecule has 0 aromatic carbocycles. The van der Waals surface area contributed by atoms with Gasteiger partial charge in [-0.2, -0.15) is 0 Å². The van der Waals surface area contributed by atoms with Crippen molar-refractivity contribution in [2.24, 2.45) is 0 Å². The van der Waals surface area contributed by atoms with E-state index in [1.807, 2.05) is 0 Å². The molecule has 612 valence electrons. The molecule has 5 atom stereocenters. The molecule has 5 unspecified atom stereocenters. The summed E-state index contributed by atoms with van der Waals surface area (Å²) < 4.78 is 24.6. The summed E-state index contributed by atoms with van der Waals surface area (Å²) >= 11 is 0. The van der Waals surface area contributed by atoms with E-state index in [9.17, 15) is 25.5 Å². The van der Waals surface area contributed by atoms with Crippen LogP contribution in [0.5, 0.6) is 0 Å². The summed E-state index contributed by atoms with van der Waals surface area (Å²) in [5.41, 5.74) is 0. The molecular weight excluding hydrogens is 1270 g/mol. The van der Waals surface area contributed by atoms with Crippen molar-refractivity contribution in [3.05, 3.63) is 0 Å². The first-order valence-electron chi connectivity index (χ1n) is 45.5. The Kier molecular flexibility index (Phi) is 78.0. The fourth-order valence-corrected chi connectivity index (χ4v) is 15.0. The second-order valence-corrected chi connectivity index (χ2v) is 32.1. The first-order chi connectivity index (χ1) is 50.1. The maximum absolute atomic E-state index is 11.4. The third kappa shape index (κ3) is 71.1. The lowest BCUT2D eigenvalue weighted by atomic mass is 10.0. The molecule has 0 saturated carbocycles. The van der Waals surface area contributed by atoms with Crippen LogP contribution < -0.4 is 0 Å². The van der Waals surface area contributed by atoms with Crippen molar-refractivity contribution >= 4 is 0 Å². The zero-order valence-corrected chi connectivity index (χ0v) is 69.1. The predicted octanol–water partition coefficient (Wildman–Crippen LogP) is 19.9. The minimum Gasteiger partial charge on any atom is -0.392 e. The van der Waals surface area contributed by atoms with Gasteiger partial charge in [-0.15, -0.1) is 0 Å². The summed E-state index contributed by atoms with van der Waals surface area (Å²) in [7, 11) is 0. The molecule has 0 radical (unpaired) electrons. The lowest BCUT2D eigenvalue weighted by molar-refractivity contribution is 0.00932. The van der Waals surface area contributed by atoms with E-state index < -0.39 is 12.2 Å². The highest BCUT2D eigenvalue weighted by atomic mass is 16.5. The van der Waals surface area contributed by atoms with Crippen LogP contribution in [0.3, 0.4) is 0 Å². The van der Waals surface area contributed by atoms with Crippen molar-refractivity contribution in [3.63, 3.8) is 0 Å². The third-order valence-electron chi connectivity index (χ3n) is 21.9. The number of rotatable bonds is 86. The van der Waals surface area contributed by atoms with Gasteiger partial charge in [-0.1, -0.05) is 356 Å². The predicted molar refractivity (Wildman–Crippen MR) is 438 cm³/mol. The van der Waals surface area contributed by atoms with Gasteiger partial charge in [-0.3, -0.25) is 24.5 Å². The molecule has 0 aromatic rings. The van der Waals surface area contributed by atoms with Gasteiger partial charge < -0.3 is 44.5 Å². The van der Waals surface area contributed by atoms with E-state index in [4.69, 9.17) is 18.9 Å². The second kappa shape index (κ2) is 80.0. The van der Waals surface area contributed by atoms with Crippen LogP contribution in [0.25, 0.3) is 0 Å². The molecule has 5 N–H and O–H groups in total.